The molecule has 2 rings (SSSR count). The summed E-state index contributed by atoms with van der Waals surface area (Å²) < 4.78 is 12.9. The number of rotatable bonds is 1. The highest BCUT2D eigenvalue weighted by Gasteiger charge is 2.15. The zero-order chi connectivity index (χ0) is 12.6. The van der Waals surface area contributed by atoms with Crippen LogP contribution in [0.1, 0.15) is 0 Å². The van der Waals surface area contributed by atoms with Crippen molar-refractivity contribution in [3.8, 4) is 34.1 Å². The van der Waals surface area contributed by atoms with Gasteiger partial charge >= 0.3 is 0 Å². The minimum absolute atomic E-state index is 0.0253. The molecule has 0 unspecified atom stereocenters. The molecule has 2 aromatic carbocycles. The second-order valence-electron chi connectivity index (χ2n) is 3.49. The van der Waals surface area contributed by atoms with E-state index in [1.165, 1.54) is 24.3 Å². The van der Waals surface area contributed by atoms with Gasteiger partial charge in [0.2, 0.25) is 0 Å². The summed E-state index contributed by atoms with van der Waals surface area (Å²) in [6, 6.07) is 5.83. The van der Waals surface area contributed by atoms with Crippen LogP contribution in [0.5, 0.6) is 23.0 Å². The summed E-state index contributed by atoms with van der Waals surface area (Å²) in [5.41, 5.74) is 0.120. The van der Waals surface area contributed by atoms with Crippen LogP contribution in [-0.2, 0) is 0 Å². The van der Waals surface area contributed by atoms with E-state index in [-0.39, 0.29) is 22.6 Å². The maximum Gasteiger partial charge on any atom is 0.194 e. The van der Waals surface area contributed by atoms with E-state index in [0.717, 1.165) is 6.07 Å². The minimum Gasteiger partial charge on any atom is -0.508 e. The van der Waals surface area contributed by atoms with Crippen LogP contribution < -0.4 is 0 Å². The summed E-state index contributed by atoms with van der Waals surface area (Å²) in [6.45, 7) is 0. The Kier molecular flexibility index (Phi) is 2.51. The van der Waals surface area contributed by atoms with Crippen molar-refractivity contribution in [3.05, 3.63) is 36.1 Å². The van der Waals surface area contributed by atoms with Crippen molar-refractivity contribution in [2.24, 2.45) is 0 Å². The van der Waals surface area contributed by atoms with E-state index in [9.17, 15) is 24.8 Å². The molecular weight excluding hydrogens is 227 g/mol. The number of aromatic hydroxyl groups is 4. The molecule has 0 aliphatic carbocycles. The summed E-state index contributed by atoms with van der Waals surface area (Å²) in [5.74, 6) is -2.88. The SMILES string of the molecule is Oc1ccc(O)c(-c2ccc(F)c(O)c2O)c1. The molecule has 2 aromatic rings. The minimum atomic E-state index is -0.967. The topological polar surface area (TPSA) is 80.9 Å². The molecule has 4 nitrogen and oxygen atoms in total. The molecule has 4 N–H and O–H groups in total. The quantitative estimate of drug-likeness (QED) is 0.452. The number of hydrogen-bond donors (Lipinski definition) is 4. The maximum absolute atomic E-state index is 12.9. The summed E-state index contributed by atoms with van der Waals surface area (Å²) in [5, 5.41) is 37.7. The van der Waals surface area contributed by atoms with Crippen LogP contribution in [-0.4, -0.2) is 20.4 Å². The molecule has 0 bridgehead atoms. The van der Waals surface area contributed by atoms with Crippen molar-refractivity contribution in [2.45, 2.75) is 0 Å². The van der Waals surface area contributed by atoms with Crippen LogP contribution in [0, 0.1) is 5.82 Å². The fourth-order valence-electron chi connectivity index (χ4n) is 1.51. The van der Waals surface area contributed by atoms with Gasteiger partial charge in [0, 0.05) is 11.1 Å². The second kappa shape index (κ2) is 3.86. The summed E-state index contributed by atoms with van der Waals surface area (Å²) in [4.78, 5) is 0. The second-order valence-corrected chi connectivity index (χ2v) is 3.49. The standard InChI is InChI=1S/C12H9FO4/c13-9-3-2-7(11(16)12(9)17)8-5-6(14)1-4-10(8)15/h1-5,14-17H. The molecule has 0 aliphatic heterocycles. The molecule has 0 saturated carbocycles. The largest absolute Gasteiger partial charge is 0.508 e. The summed E-state index contributed by atoms with van der Waals surface area (Å²) in [7, 11) is 0. The Balaban J connectivity index is 2.69. The molecular formula is C12H9FO4. The lowest BCUT2D eigenvalue weighted by Gasteiger charge is -2.09. The van der Waals surface area contributed by atoms with Crippen molar-refractivity contribution < 1.29 is 24.8 Å². The molecule has 0 amide bonds. The third-order valence-corrected chi connectivity index (χ3v) is 2.37. The Morgan fingerprint density at radius 2 is 1.47 bits per heavy atom. The highest BCUT2D eigenvalue weighted by molar-refractivity contribution is 5.78. The molecule has 17 heavy (non-hydrogen) atoms. The maximum atomic E-state index is 12.9. The highest BCUT2D eigenvalue weighted by Crippen LogP contribution is 2.42. The van der Waals surface area contributed by atoms with E-state index in [0.29, 0.717) is 0 Å². The van der Waals surface area contributed by atoms with E-state index in [2.05, 4.69) is 0 Å². The van der Waals surface area contributed by atoms with E-state index < -0.39 is 17.3 Å². The Morgan fingerprint density at radius 1 is 0.765 bits per heavy atom. The number of phenolic OH excluding ortho intramolecular Hbond substituents is 4. The first kappa shape index (κ1) is 11.1. The predicted octanol–water partition coefficient (Wildman–Crippen LogP) is 2.32. The van der Waals surface area contributed by atoms with E-state index in [4.69, 9.17) is 0 Å². The van der Waals surface area contributed by atoms with Gasteiger partial charge in [-0.05, 0) is 30.3 Å². The average molecular weight is 236 g/mol. The van der Waals surface area contributed by atoms with E-state index in [1.807, 2.05) is 0 Å². The van der Waals surface area contributed by atoms with Crippen molar-refractivity contribution >= 4 is 0 Å². The van der Waals surface area contributed by atoms with Crippen LogP contribution in [0.25, 0.3) is 11.1 Å². The fourth-order valence-corrected chi connectivity index (χ4v) is 1.51. The Hall–Kier alpha value is -2.43. The Labute approximate surface area is 95.8 Å². The molecule has 0 saturated heterocycles. The third kappa shape index (κ3) is 1.82. The van der Waals surface area contributed by atoms with Gasteiger partial charge in [-0.25, -0.2) is 4.39 Å². The molecule has 88 valence electrons. The average Bonchev–Trinajstić information content (AvgIpc) is 2.30. The smallest absolute Gasteiger partial charge is 0.194 e. The lowest BCUT2D eigenvalue weighted by Crippen LogP contribution is -1.84. The van der Waals surface area contributed by atoms with Crippen molar-refractivity contribution in [1.82, 2.24) is 0 Å². The normalized spacial score (nSPS) is 10.4. The molecule has 0 atom stereocenters. The van der Waals surface area contributed by atoms with Gasteiger partial charge in [0.05, 0.1) is 0 Å². The molecule has 0 heterocycles. The first-order valence-electron chi connectivity index (χ1n) is 4.73. The zero-order valence-electron chi connectivity index (χ0n) is 8.55. The van der Waals surface area contributed by atoms with E-state index >= 15 is 0 Å². The van der Waals surface area contributed by atoms with Gasteiger partial charge in [0.15, 0.2) is 17.3 Å². The molecule has 0 fully saturated rings. The summed E-state index contributed by atoms with van der Waals surface area (Å²) in [6.07, 6.45) is 0. The molecule has 0 radical (unpaired) electrons. The fraction of sp³-hybridized carbons (Fsp3) is 0. The lowest BCUT2D eigenvalue weighted by molar-refractivity contribution is 0.380. The Morgan fingerprint density at radius 3 is 2.18 bits per heavy atom. The van der Waals surface area contributed by atoms with Gasteiger partial charge in [-0.3, -0.25) is 0 Å². The van der Waals surface area contributed by atoms with Crippen molar-refractivity contribution in [3.63, 3.8) is 0 Å². The molecule has 0 aliphatic rings. The van der Waals surface area contributed by atoms with Crippen LogP contribution in [0.2, 0.25) is 0 Å². The first-order valence-corrected chi connectivity index (χ1v) is 4.73. The lowest BCUT2D eigenvalue weighted by atomic mass is 10.0. The first-order chi connectivity index (χ1) is 8.00. The number of benzene rings is 2. The zero-order valence-corrected chi connectivity index (χ0v) is 8.55. The summed E-state index contributed by atoms with van der Waals surface area (Å²) >= 11 is 0. The van der Waals surface area contributed by atoms with Crippen molar-refractivity contribution in [1.29, 1.82) is 0 Å². The molecule has 0 spiro atoms. The van der Waals surface area contributed by atoms with Gasteiger partial charge in [0.1, 0.15) is 11.5 Å². The van der Waals surface area contributed by atoms with Crippen LogP contribution in [0.4, 0.5) is 4.39 Å². The molecule has 5 heteroatoms. The Bertz CT molecular complexity index is 581. The van der Waals surface area contributed by atoms with Gasteiger partial charge in [-0.1, -0.05) is 0 Å². The predicted molar refractivity (Wildman–Crippen MR) is 58.5 cm³/mol. The monoisotopic (exact) mass is 236 g/mol. The van der Waals surface area contributed by atoms with Crippen LogP contribution in [0.15, 0.2) is 30.3 Å². The third-order valence-electron chi connectivity index (χ3n) is 2.37. The van der Waals surface area contributed by atoms with Gasteiger partial charge < -0.3 is 20.4 Å². The van der Waals surface area contributed by atoms with Gasteiger partial charge in [0.25, 0.3) is 0 Å². The van der Waals surface area contributed by atoms with Crippen LogP contribution >= 0.6 is 0 Å². The van der Waals surface area contributed by atoms with E-state index in [1.54, 1.807) is 0 Å². The van der Waals surface area contributed by atoms with Gasteiger partial charge in [-0.2, -0.15) is 0 Å². The van der Waals surface area contributed by atoms with Crippen molar-refractivity contribution in [2.75, 3.05) is 0 Å². The number of phenols is 4. The van der Waals surface area contributed by atoms with Crippen LogP contribution in [0.3, 0.4) is 0 Å². The van der Waals surface area contributed by atoms with Gasteiger partial charge in [-0.15, -0.1) is 0 Å². The number of hydrogen-bond acceptors (Lipinski definition) is 4. The number of halogens is 1. The molecule has 0 aromatic heterocycles. The highest BCUT2D eigenvalue weighted by atomic mass is 19.1.